The molecule has 0 heterocycles. The summed E-state index contributed by atoms with van der Waals surface area (Å²) in [5.74, 6) is -0.348. The lowest BCUT2D eigenvalue weighted by atomic mass is 9.89. The molecule has 0 aliphatic heterocycles. The smallest absolute Gasteiger partial charge is 0.408 e. The van der Waals surface area contributed by atoms with E-state index in [9.17, 15) is 14.4 Å². The van der Waals surface area contributed by atoms with Gasteiger partial charge in [0.1, 0.15) is 16.9 Å². The monoisotopic (exact) mass is 443 g/mol. The van der Waals surface area contributed by atoms with Gasteiger partial charge in [-0.05, 0) is 64.6 Å². The van der Waals surface area contributed by atoms with Gasteiger partial charge < -0.3 is 19.2 Å². The molecule has 1 aliphatic rings. The number of ketones is 1. The number of alkyl carbamates (subject to hydrolysis) is 1. The summed E-state index contributed by atoms with van der Waals surface area (Å²) in [6.07, 6.45) is 0.906. The van der Waals surface area contributed by atoms with Crippen LogP contribution in [0.15, 0.2) is 0 Å². The molecule has 174 valence electrons. The van der Waals surface area contributed by atoms with Crippen LogP contribution in [-0.4, -0.2) is 50.5 Å². The van der Waals surface area contributed by atoms with Gasteiger partial charge in [-0.15, -0.1) is 0 Å². The fourth-order valence-corrected chi connectivity index (χ4v) is 4.71. The molecule has 30 heavy (non-hydrogen) atoms. The van der Waals surface area contributed by atoms with Gasteiger partial charge in [-0.1, -0.05) is 20.8 Å². The van der Waals surface area contributed by atoms with Crippen molar-refractivity contribution in [1.29, 1.82) is 0 Å². The first-order valence-electron chi connectivity index (χ1n) is 10.7. The van der Waals surface area contributed by atoms with Gasteiger partial charge in [0, 0.05) is 12.8 Å². The summed E-state index contributed by atoms with van der Waals surface area (Å²) < 4.78 is 16.8. The molecule has 0 bridgehead atoms. The second-order valence-electron chi connectivity index (χ2n) is 11.1. The zero-order chi connectivity index (χ0) is 23.5. The molecule has 8 heteroatoms. The van der Waals surface area contributed by atoms with E-state index in [0.717, 1.165) is 0 Å². The fraction of sp³-hybridized carbons (Fsp3) is 0.864. The Morgan fingerprint density at radius 3 is 2.10 bits per heavy atom. The van der Waals surface area contributed by atoms with E-state index in [2.05, 4.69) is 39.2 Å². The van der Waals surface area contributed by atoms with E-state index in [1.54, 1.807) is 27.7 Å². The molecule has 1 N–H and O–H groups in total. The lowest BCUT2D eigenvalue weighted by Gasteiger charge is -2.40. The van der Waals surface area contributed by atoms with Crippen molar-refractivity contribution in [3.63, 3.8) is 0 Å². The van der Waals surface area contributed by atoms with Crippen molar-refractivity contribution in [1.82, 2.24) is 5.32 Å². The third kappa shape index (κ3) is 7.37. The second kappa shape index (κ2) is 9.38. The molecule has 1 fully saturated rings. The Morgan fingerprint density at radius 1 is 1.07 bits per heavy atom. The number of methoxy groups -OCH3 is 1. The molecule has 7 nitrogen and oxygen atoms in total. The fourth-order valence-electron chi connectivity index (χ4n) is 3.32. The van der Waals surface area contributed by atoms with E-state index in [1.165, 1.54) is 7.11 Å². The highest BCUT2D eigenvalue weighted by molar-refractivity contribution is 6.74. The van der Waals surface area contributed by atoms with Crippen molar-refractivity contribution in [3.8, 4) is 0 Å². The number of nitrogens with one attached hydrogen (secondary N) is 1. The molecule has 0 aromatic carbocycles. The van der Waals surface area contributed by atoms with E-state index in [1.807, 2.05) is 0 Å². The van der Waals surface area contributed by atoms with Crippen LogP contribution in [0.25, 0.3) is 0 Å². The molecule has 0 radical (unpaired) electrons. The summed E-state index contributed by atoms with van der Waals surface area (Å²) in [7, 11) is -0.740. The first-order chi connectivity index (χ1) is 13.4. The maximum Gasteiger partial charge on any atom is 0.408 e. The normalized spacial score (nSPS) is 22.4. The maximum atomic E-state index is 12.5. The van der Waals surface area contributed by atoms with Crippen LogP contribution in [0, 0.1) is 5.92 Å². The Hall–Kier alpha value is -1.41. The number of esters is 1. The molecule has 0 aromatic rings. The number of hydrogen-bond donors (Lipinski definition) is 1. The number of ether oxygens (including phenoxy) is 2. The minimum atomic E-state index is -2.03. The van der Waals surface area contributed by atoms with Crippen LogP contribution in [0.3, 0.4) is 0 Å². The highest BCUT2D eigenvalue weighted by Gasteiger charge is 2.45. The summed E-state index contributed by atoms with van der Waals surface area (Å²) in [5.41, 5.74) is -1.93. The van der Waals surface area contributed by atoms with E-state index in [4.69, 9.17) is 13.9 Å². The molecule has 1 aliphatic carbocycles. The van der Waals surface area contributed by atoms with Crippen LogP contribution in [0.4, 0.5) is 4.79 Å². The molecule has 1 unspecified atom stereocenters. The largest absolute Gasteiger partial charge is 0.467 e. The maximum absolute atomic E-state index is 12.5. The molecule has 0 aromatic heterocycles. The van der Waals surface area contributed by atoms with E-state index in [0.29, 0.717) is 25.7 Å². The molecular formula is C22H41NO6Si. The first-order valence-corrected chi connectivity index (χ1v) is 13.6. The van der Waals surface area contributed by atoms with Crippen molar-refractivity contribution in [2.75, 3.05) is 7.11 Å². The average molecular weight is 444 g/mol. The quantitative estimate of drug-likeness (QED) is 0.457. The highest BCUT2D eigenvalue weighted by Crippen LogP contribution is 2.41. The molecule has 0 spiro atoms. The van der Waals surface area contributed by atoms with Crippen LogP contribution in [0.5, 0.6) is 0 Å². The van der Waals surface area contributed by atoms with Gasteiger partial charge in [0.25, 0.3) is 0 Å². The Balaban J connectivity index is 2.91. The van der Waals surface area contributed by atoms with Gasteiger partial charge >= 0.3 is 12.1 Å². The topological polar surface area (TPSA) is 90.9 Å². The zero-order valence-corrected chi connectivity index (χ0v) is 21.4. The lowest BCUT2D eigenvalue weighted by molar-refractivity contribution is -0.148. The minimum absolute atomic E-state index is 0.0102. The van der Waals surface area contributed by atoms with E-state index < -0.39 is 31.5 Å². The molecule has 3 atom stereocenters. The van der Waals surface area contributed by atoms with Gasteiger partial charge in [-0.2, -0.15) is 0 Å². The Bertz CT molecular complexity index is 649. The number of rotatable bonds is 7. The molecular weight excluding hydrogens is 402 g/mol. The number of Topliss-reactive ketones (excluding diaryl/α,β-unsaturated/α-hetero) is 1. The standard InChI is InChI=1S/C22H41NO6Si/c1-20(2,3)28-19(26)23-22(7,18(25)27-8)12-11-15-13-16(24)14-17(15)29-30(9,10)21(4,5)6/h15,17H,11-14H2,1-10H3,(H,23,26)/t15-,17?,22+/m1/s1. The Kier molecular flexibility index (Phi) is 8.33. The zero-order valence-electron chi connectivity index (χ0n) is 20.4. The van der Waals surface area contributed by atoms with Crippen LogP contribution in [0.1, 0.15) is 74.1 Å². The number of amides is 1. The van der Waals surface area contributed by atoms with Crippen LogP contribution in [0.2, 0.25) is 18.1 Å². The SMILES string of the molecule is COC(=O)[C@](C)(CC[C@@H]1CC(=O)CC1O[Si](C)(C)C(C)(C)C)NC(=O)OC(C)(C)C. The minimum Gasteiger partial charge on any atom is -0.467 e. The average Bonchev–Trinajstić information content (AvgIpc) is 2.87. The van der Waals surface area contributed by atoms with Crippen molar-refractivity contribution in [3.05, 3.63) is 0 Å². The van der Waals surface area contributed by atoms with Crippen LogP contribution >= 0.6 is 0 Å². The number of carbonyl (C=O) groups is 3. The van der Waals surface area contributed by atoms with E-state index in [-0.39, 0.29) is 22.8 Å². The highest BCUT2D eigenvalue weighted by atomic mass is 28.4. The second-order valence-corrected chi connectivity index (χ2v) is 15.9. The third-order valence-corrected chi connectivity index (χ3v) is 10.6. The summed E-state index contributed by atoms with van der Waals surface area (Å²) in [4.78, 5) is 37.0. The summed E-state index contributed by atoms with van der Waals surface area (Å²) in [6.45, 7) is 17.8. The van der Waals surface area contributed by atoms with Crippen LogP contribution < -0.4 is 5.32 Å². The predicted molar refractivity (Wildman–Crippen MR) is 119 cm³/mol. The van der Waals surface area contributed by atoms with Crippen molar-refractivity contribution < 1.29 is 28.3 Å². The van der Waals surface area contributed by atoms with E-state index >= 15 is 0 Å². The van der Waals surface area contributed by atoms with Crippen molar-refractivity contribution >= 4 is 26.2 Å². The van der Waals surface area contributed by atoms with Gasteiger partial charge in [-0.25, -0.2) is 9.59 Å². The van der Waals surface area contributed by atoms with Gasteiger partial charge in [0.05, 0.1) is 13.2 Å². The Labute approximate surface area is 182 Å². The predicted octanol–water partition coefficient (Wildman–Crippen LogP) is 4.59. The van der Waals surface area contributed by atoms with Gasteiger partial charge in [0.15, 0.2) is 8.32 Å². The summed E-state index contributed by atoms with van der Waals surface area (Å²) in [6, 6.07) is 0. The third-order valence-electron chi connectivity index (χ3n) is 6.12. The molecule has 0 saturated heterocycles. The van der Waals surface area contributed by atoms with Crippen LogP contribution in [-0.2, 0) is 23.5 Å². The molecule has 1 amide bonds. The summed E-state index contributed by atoms with van der Waals surface area (Å²) in [5, 5.41) is 2.71. The first kappa shape index (κ1) is 26.6. The lowest BCUT2D eigenvalue weighted by Crippen LogP contribution is -2.54. The Morgan fingerprint density at radius 2 is 1.63 bits per heavy atom. The number of carbonyl (C=O) groups excluding carboxylic acids is 3. The molecule has 1 rings (SSSR count). The number of hydrogen-bond acceptors (Lipinski definition) is 6. The van der Waals surface area contributed by atoms with Gasteiger partial charge in [-0.3, -0.25) is 4.79 Å². The van der Waals surface area contributed by atoms with Crippen molar-refractivity contribution in [2.45, 2.75) is 110 Å². The summed E-state index contributed by atoms with van der Waals surface area (Å²) >= 11 is 0. The molecule has 1 saturated carbocycles. The van der Waals surface area contributed by atoms with Crippen molar-refractivity contribution in [2.24, 2.45) is 5.92 Å². The van der Waals surface area contributed by atoms with Gasteiger partial charge in [0.2, 0.25) is 0 Å².